The van der Waals surface area contributed by atoms with E-state index in [1.54, 1.807) is 24.0 Å². The third-order valence-electron chi connectivity index (χ3n) is 9.57. The van der Waals surface area contributed by atoms with Gasteiger partial charge in [-0.2, -0.15) is 0 Å². The number of rotatable bonds is 8. The molecular formula is C36H43FN4O2. The van der Waals surface area contributed by atoms with Crippen molar-refractivity contribution in [1.29, 1.82) is 0 Å². The molecule has 2 N–H and O–H groups in total. The molecule has 1 aliphatic carbocycles. The third-order valence-corrected chi connectivity index (χ3v) is 9.57. The van der Waals surface area contributed by atoms with Crippen molar-refractivity contribution < 1.29 is 14.0 Å². The van der Waals surface area contributed by atoms with Gasteiger partial charge in [-0.15, -0.1) is 0 Å². The van der Waals surface area contributed by atoms with Crippen molar-refractivity contribution in [2.24, 2.45) is 5.92 Å². The van der Waals surface area contributed by atoms with Crippen LogP contribution in [0.4, 0.5) is 21.5 Å². The van der Waals surface area contributed by atoms with Gasteiger partial charge in [-0.1, -0.05) is 37.3 Å². The summed E-state index contributed by atoms with van der Waals surface area (Å²) in [5, 5.41) is 6.79. The van der Waals surface area contributed by atoms with Crippen LogP contribution in [0.5, 0.6) is 0 Å². The number of hydrogen-bond donors (Lipinski definition) is 2. The number of anilines is 3. The molecular weight excluding hydrogens is 539 g/mol. The number of benzene rings is 3. The zero-order valence-electron chi connectivity index (χ0n) is 25.4. The Kier molecular flexibility index (Phi) is 8.68. The fraction of sp³-hybridized carbons (Fsp3) is 0.444. The number of amides is 2. The number of carbonyl (C=O) groups is 2. The Morgan fingerprint density at radius 3 is 2.30 bits per heavy atom. The molecule has 6 rings (SSSR count). The first-order valence-corrected chi connectivity index (χ1v) is 16.0. The van der Waals surface area contributed by atoms with Crippen LogP contribution in [0.15, 0.2) is 60.7 Å². The highest BCUT2D eigenvalue weighted by atomic mass is 19.1. The second kappa shape index (κ2) is 12.8. The van der Waals surface area contributed by atoms with Crippen LogP contribution < -0.4 is 15.5 Å². The van der Waals surface area contributed by atoms with Crippen LogP contribution in [0.3, 0.4) is 0 Å². The fourth-order valence-corrected chi connectivity index (χ4v) is 6.95. The van der Waals surface area contributed by atoms with Gasteiger partial charge in [-0.05, 0) is 105 Å². The summed E-state index contributed by atoms with van der Waals surface area (Å²) in [7, 11) is 0. The molecule has 3 aliphatic rings. The van der Waals surface area contributed by atoms with Gasteiger partial charge in [-0.3, -0.25) is 9.59 Å². The number of likely N-dealkylation sites (tertiary alicyclic amines) is 1. The molecule has 0 radical (unpaired) electrons. The fourth-order valence-electron chi connectivity index (χ4n) is 6.95. The number of piperidine rings is 1. The number of aryl methyl sites for hydroxylation is 2. The summed E-state index contributed by atoms with van der Waals surface area (Å²) in [4.78, 5) is 32.2. The summed E-state index contributed by atoms with van der Waals surface area (Å²) in [6.45, 7) is 6.46. The highest BCUT2D eigenvalue weighted by molar-refractivity contribution is 5.98. The van der Waals surface area contributed by atoms with Gasteiger partial charge in [0.2, 0.25) is 5.91 Å². The minimum Gasteiger partial charge on any atom is -0.382 e. The Morgan fingerprint density at radius 2 is 1.63 bits per heavy atom. The van der Waals surface area contributed by atoms with Crippen molar-refractivity contribution in [3.8, 4) is 0 Å². The first kappa shape index (κ1) is 29.2. The molecule has 0 bridgehead atoms. The van der Waals surface area contributed by atoms with Crippen LogP contribution >= 0.6 is 0 Å². The quantitative estimate of drug-likeness (QED) is 0.289. The van der Waals surface area contributed by atoms with Crippen LogP contribution in [0.25, 0.3) is 0 Å². The van der Waals surface area contributed by atoms with E-state index in [-0.39, 0.29) is 17.4 Å². The molecule has 43 heavy (non-hydrogen) atoms. The van der Waals surface area contributed by atoms with Crippen molar-refractivity contribution in [2.45, 2.75) is 77.3 Å². The van der Waals surface area contributed by atoms with E-state index in [9.17, 15) is 9.59 Å². The summed E-state index contributed by atoms with van der Waals surface area (Å²) in [6, 6.07) is 19.1. The van der Waals surface area contributed by atoms with Crippen LogP contribution in [-0.4, -0.2) is 42.4 Å². The van der Waals surface area contributed by atoms with E-state index in [2.05, 4.69) is 34.6 Å². The number of nitrogens with zero attached hydrogens (tertiary/aromatic N) is 2. The number of carbonyl (C=O) groups excluding carboxylic acids is 2. The van der Waals surface area contributed by atoms with Crippen LogP contribution in [0, 0.1) is 18.7 Å². The van der Waals surface area contributed by atoms with Gasteiger partial charge in [0.15, 0.2) is 0 Å². The van der Waals surface area contributed by atoms with E-state index in [0.29, 0.717) is 31.0 Å². The van der Waals surface area contributed by atoms with E-state index < -0.39 is 17.8 Å². The Bertz CT molecular complexity index is 1440. The van der Waals surface area contributed by atoms with Gasteiger partial charge >= 0.3 is 0 Å². The molecule has 3 fully saturated rings. The molecule has 2 saturated heterocycles. The topological polar surface area (TPSA) is 64.7 Å². The van der Waals surface area contributed by atoms with Gasteiger partial charge < -0.3 is 20.4 Å². The Morgan fingerprint density at radius 1 is 0.884 bits per heavy atom. The summed E-state index contributed by atoms with van der Waals surface area (Å²) < 4.78 is 15.0. The largest absolute Gasteiger partial charge is 0.382 e. The lowest BCUT2D eigenvalue weighted by Gasteiger charge is -2.41. The van der Waals surface area contributed by atoms with Gasteiger partial charge in [0.05, 0.1) is 17.5 Å². The highest BCUT2D eigenvalue weighted by Gasteiger charge is 2.40. The summed E-state index contributed by atoms with van der Waals surface area (Å²) in [6.07, 6.45) is 8.22. The molecule has 226 valence electrons. The van der Waals surface area contributed by atoms with Crippen LogP contribution in [-0.2, 0) is 11.2 Å². The normalized spacial score (nSPS) is 20.5. The summed E-state index contributed by atoms with van der Waals surface area (Å²) >= 11 is 0. The summed E-state index contributed by atoms with van der Waals surface area (Å²) in [5.41, 5.74) is 5.86. The van der Waals surface area contributed by atoms with E-state index in [4.69, 9.17) is 0 Å². The zero-order chi connectivity index (χ0) is 29.9. The average molecular weight is 583 g/mol. The van der Waals surface area contributed by atoms with E-state index in [1.165, 1.54) is 49.4 Å². The minimum atomic E-state index is -0.527. The van der Waals surface area contributed by atoms with Crippen molar-refractivity contribution >= 4 is 28.9 Å². The lowest BCUT2D eigenvalue weighted by Crippen LogP contribution is -2.46. The predicted octanol–water partition coefficient (Wildman–Crippen LogP) is 7.49. The molecule has 0 spiro atoms. The van der Waals surface area contributed by atoms with E-state index in [1.807, 2.05) is 30.3 Å². The molecule has 3 aromatic carbocycles. The van der Waals surface area contributed by atoms with Gasteiger partial charge in [0.25, 0.3) is 5.91 Å². The van der Waals surface area contributed by atoms with Crippen molar-refractivity contribution in [2.75, 3.05) is 35.2 Å². The number of nitrogens with one attached hydrogen (secondary N) is 2. The van der Waals surface area contributed by atoms with Crippen LogP contribution in [0.2, 0.25) is 0 Å². The highest BCUT2D eigenvalue weighted by Crippen LogP contribution is 2.39. The maximum absolute atomic E-state index is 15.0. The second-order valence-corrected chi connectivity index (χ2v) is 12.4. The van der Waals surface area contributed by atoms with Gasteiger partial charge in [-0.25, -0.2) is 4.39 Å². The molecule has 3 aromatic rings. The molecule has 2 atom stereocenters. The molecule has 2 aliphatic heterocycles. The number of halogens is 1. The zero-order valence-corrected chi connectivity index (χ0v) is 25.4. The molecule has 0 aromatic heterocycles. The van der Waals surface area contributed by atoms with Crippen molar-refractivity contribution in [1.82, 2.24) is 4.90 Å². The Balaban J connectivity index is 1.31. The first-order valence-electron chi connectivity index (χ1n) is 16.0. The molecule has 1 saturated carbocycles. The standard InChI is InChI=1S/C36H43FN4O2/c1-3-25-14-19-29(23-32(25)40-20-4-5-21-40)39-35(42)30-12-8-22-41(36(43)33-24(2)9-6-13-31(33)37)34(30)26-15-17-28(18-16-26)38-27-10-7-11-27/h6,9,13-19,23,27,30,34,38H,3-5,7-8,10-12,20-22H2,1-2H3,(H,39,42)/t30?,34-/m0/s1. The van der Waals surface area contributed by atoms with E-state index in [0.717, 1.165) is 36.4 Å². The van der Waals surface area contributed by atoms with Gasteiger partial charge in [0, 0.05) is 42.7 Å². The molecule has 2 heterocycles. The molecule has 7 heteroatoms. The van der Waals surface area contributed by atoms with Crippen LogP contribution in [0.1, 0.15) is 85.0 Å². The van der Waals surface area contributed by atoms with Crippen molar-refractivity contribution in [3.05, 3.63) is 88.7 Å². The maximum atomic E-state index is 15.0. The number of hydrogen-bond acceptors (Lipinski definition) is 4. The lowest BCUT2D eigenvalue weighted by atomic mass is 9.83. The molecule has 2 amide bonds. The minimum absolute atomic E-state index is 0.0854. The average Bonchev–Trinajstić information content (AvgIpc) is 3.54. The van der Waals surface area contributed by atoms with Gasteiger partial charge in [0.1, 0.15) is 5.82 Å². The monoisotopic (exact) mass is 582 g/mol. The lowest BCUT2D eigenvalue weighted by molar-refractivity contribution is -0.123. The summed E-state index contributed by atoms with van der Waals surface area (Å²) in [5.74, 6) is -1.48. The molecule has 6 nitrogen and oxygen atoms in total. The predicted molar refractivity (Wildman–Crippen MR) is 171 cm³/mol. The molecule has 1 unspecified atom stereocenters. The smallest absolute Gasteiger partial charge is 0.257 e. The SMILES string of the molecule is CCc1ccc(NC(=O)C2CCCN(C(=O)c3c(C)cccc3F)[C@H]2c2ccc(NC3CCC3)cc2)cc1N1CCCC1. The maximum Gasteiger partial charge on any atom is 0.257 e. The first-order chi connectivity index (χ1) is 20.9. The second-order valence-electron chi connectivity index (χ2n) is 12.4. The van der Waals surface area contributed by atoms with Crippen molar-refractivity contribution in [3.63, 3.8) is 0 Å². The Labute approximate surface area is 254 Å². The Hall–Kier alpha value is -3.87. The van der Waals surface area contributed by atoms with E-state index >= 15 is 4.39 Å². The third kappa shape index (κ3) is 6.13.